The highest BCUT2D eigenvalue weighted by atomic mass is 32.2. The molecule has 0 aliphatic rings. The van der Waals surface area contributed by atoms with E-state index in [1.54, 1.807) is 37.3 Å². The number of hydrogen-bond donors (Lipinski definition) is 3. The Morgan fingerprint density at radius 1 is 0.900 bits per heavy atom. The molecule has 2 aromatic carbocycles. The van der Waals surface area contributed by atoms with Gasteiger partial charge in [-0.15, -0.1) is 0 Å². The van der Waals surface area contributed by atoms with Crippen molar-refractivity contribution in [3.63, 3.8) is 0 Å². The molecule has 0 saturated heterocycles. The fourth-order valence-electron chi connectivity index (χ4n) is 2.92. The lowest BCUT2D eigenvalue weighted by Gasteiger charge is -2.13. The maximum absolute atomic E-state index is 12.9. The van der Waals surface area contributed by atoms with Gasteiger partial charge in [-0.2, -0.15) is 0 Å². The number of sulfonamides is 1. The fourth-order valence-corrected chi connectivity index (χ4v) is 4.24. The van der Waals surface area contributed by atoms with E-state index in [1.807, 2.05) is 32.9 Å². The largest absolute Gasteiger partial charge is 0.280 e. The molecule has 0 bridgehead atoms. The Balaban J connectivity index is 1.80. The predicted octanol–water partition coefficient (Wildman–Crippen LogP) is 3.27. The van der Waals surface area contributed by atoms with Crippen molar-refractivity contribution in [2.45, 2.75) is 32.6 Å². The number of hydrogen-bond acceptors (Lipinski definition) is 6. The molecule has 156 valence electrons. The lowest BCUT2D eigenvalue weighted by atomic mass is 10.1. The molecule has 0 atom stereocenters. The van der Waals surface area contributed by atoms with E-state index in [0.29, 0.717) is 11.3 Å². The molecule has 0 radical (unpaired) electrons. The number of anilines is 2. The molecule has 9 heteroatoms. The summed E-state index contributed by atoms with van der Waals surface area (Å²) in [5.74, 6) is -0.258. The van der Waals surface area contributed by atoms with Gasteiger partial charge in [-0.25, -0.2) is 18.4 Å². The molecule has 0 saturated carbocycles. The molecule has 3 N–H and O–H groups in total. The molecule has 0 unspecified atom stereocenters. The summed E-state index contributed by atoms with van der Waals surface area (Å²) in [7, 11) is -3.87. The van der Waals surface area contributed by atoms with Crippen molar-refractivity contribution in [3.05, 3.63) is 76.6 Å². The zero-order valence-corrected chi connectivity index (χ0v) is 18.0. The molecule has 3 rings (SSSR count). The number of carbonyl (C=O) groups excluding carboxylic acids is 1. The summed E-state index contributed by atoms with van der Waals surface area (Å²) in [6.45, 7) is 7.19. The highest BCUT2D eigenvalue weighted by Gasteiger charge is 2.19. The van der Waals surface area contributed by atoms with Crippen molar-refractivity contribution >= 4 is 27.6 Å². The number of benzene rings is 2. The van der Waals surface area contributed by atoms with Gasteiger partial charge in [-0.1, -0.05) is 18.2 Å². The molecule has 1 aromatic heterocycles. The normalized spacial score (nSPS) is 11.1. The molecule has 8 nitrogen and oxygen atoms in total. The molecule has 0 aliphatic heterocycles. The fraction of sp³-hybridized carbons (Fsp3) is 0.190. The van der Waals surface area contributed by atoms with Crippen LogP contribution in [0.3, 0.4) is 0 Å². The molecule has 0 fully saturated rings. The van der Waals surface area contributed by atoms with E-state index in [-0.39, 0.29) is 16.4 Å². The quantitative estimate of drug-likeness (QED) is 0.523. The minimum atomic E-state index is -3.87. The van der Waals surface area contributed by atoms with Crippen LogP contribution in [0.1, 0.15) is 32.9 Å². The number of nitrogens with zero attached hydrogens (tertiary/aromatic N) is 2. The average Bonchev–Trinajstić information content (AvgIpc) is 2.65. The Labute approximate surface area is 175 Å². The summed E-state index contributed by atoms with van der Waals surface area (Å²) in [5.41, 5.74) is 8.76. The summed E-state index contributed by atoms with van der Waals surface area (Å²) in [6, 6.07) is 13.3. The Kier molecular flexibility index (Phi) is 6.02. The maximum atomic E-state index is 12.9. The minimum Gasteiger partial charge on any atom is -0.280 e. The molecule has 1 heterocycles. The van der Waals surface area contributed by atoms with Crippen molar-refractivity contribution < 1.29 is 13.2 Å². The van der Waals surface area contributed by atoms with E-state index < -0.39 is 15.9 Å². The number of aromatic nitrogens is 2. The second-order valence-electron chi connectivity index (χ2n) is 7.01. The van der Waals surface area contributed by atoms with Gasteiger partial charge in [0.2, 0.25) is 5.95 Å². The van der Waals surface area contributed by atoms with Crippen molar-refractivity contribution in [1.29, 1.82) is 0 Å². The third-order valence-electron chi connectivity index (χ3n) is 4.28. The molecular formula is C21H23N5O3S. The third kappa shape index (κ3) is 5.12. The summed E-state index contributed by atoms with van der Waals surface area (Å²) < 4.78 is 28.3. The Morgan fingerprint density at radius 3 is 2.27 bits per heavy atom. The van der Waals surface area contributed by atoms with E-state index in [4.69, 9.17) is 0 Å². The maximum Gasteiger partial charge on any atom is 0.269 e. The van der Waals surface area contributed by atoms with Crippen LogP contribution in [0, 0.1) is 27.7 Å². The second kappa shape index (κ2) is 8.50. The van der Waals surface area contributed by atoms with Gasteiger partial charge >= 0.3 is 0 Å². The second-order valence-corrected chi connectivity index (χ2v) is 8.66. The van der Waals surface area contributed by atoms with E-state index in [2.05, 4.69) is 25.5 Å². The van der Waals surface area contributed by atoms with Crippen LogP contribution in [0.2, 0.25) is 0 Å². The number of rotatable bonds is 6. The summed E-state index contributed by atoms with van der Waals surface area (Å²) >= 11 is 0. The molecule has 3 aromatic rings. The molecule has 1 amide bonds. The summed E-state index contributed by atoms with van der Waals surface area (Å²) in [4.78, 5) is 20.9. The van der Waals surface area contributed by atoms with Crippen molar-refractivity contribution in [2.75, 3.05) is 10.1 Å². The SMILES string of the molecule is Cc1cccc(NS(=O)(=O)c2cc(C(=O)NNc3nc(C)cc(C)n3)ccc2C)c1. The number of aryl methyl sites for hydroxylation is 4. The van der Waals surface area contributed by atoms with Crippen LogP contribution < -0.4 is 15.6 Å². The van der Waals surface area contributed by atoms with Gasteiger partial charge in [0.05, 0.1) is 4.90 Å². The van der Waals surface area contributed by atoms with Crippen LogP contribution in [-0.2, 0) is 10.0 Å². The van der Waals surface area contributed by atoms with Gasteiger partial charge in [0, 0.05) is 22.6 Å². The van der Waals surface area contributed by atoms with Gasteiger partial charge in [0.25, 0.3) is 15.9 Å². The van der Waals surface area contributed by atoms with Crippen LogP contribution in [0.5, 0.6) is 0 Å². The van der Waals surface area contributed by atoms with Crippen molar-refractivity contribution in [3.8, 4) is 0 Å². The Bertz CT molecular complexity index is 1190. The summed E-state index contributed by atoms with van der Waals surface area (Å²) in [6.07, 6.45) is 0. The average molecular weight is 426 g/mol. The minimum absolute atomic E-state index is 0.0271. The Hall–Kier alpha value is -3.46. The van der Waals surface area contributed by atoms with Crippen LogP contribution in [-0.4, -0.2) is 24.3 Å². The monoisotopic (exact) mass is 425 g/mol. The van der Waals surface area contributed by atoms with Gasteiger partial charge in [0.15, 0.2) is 0 Å². The molecule has 0 aliphatic carbocycles. The van der Waals surface area contributed by atoms with Crippen LogP contribution in [0.15, 0.2) is 53.4 Å². The highest BCUT2D eigenvalue weighted by molar-refractivity contribution is 7.92. The van der Waals surface area contributed by atoms with Gasteiger partial charge in [-0.05, 0) is 69.2 Å². The van der Waals surface area contributed by atoms with Gasteiger partial charge in [-0.3, -0.25) is 20.4 Å². The summed E-state index contributed by atoms with van der Waals surface area (Å²) in [5, 5.41) is 0. The van der Waals surface area contributed by atoms with Crippen LogP contribution in [0.25, 0.3) is 0 Å². The molecular weight excluding hydrogens is 402 g/mol. The van der Waals surface area contributed by atoms with Crippen molar-refractivity contribution in [1.82, 2.24) is 15.4 Å². The van der Waals surface area contributed by atoms with E-state index in [1.165, 1.54) is 6.07 Å². The number of carbonyl (C=O) groups is 1. The number of amides is 1. The zero-order chi connectivity index (χ0) is 21.9. The third-order valence-corrected chi connectivity index (χ3v) is 5.80. The molecule has 0 spiro atoms. The zero-order valence-electron chi connectivity index (χ0n) is 17.1. The smallest absolute Gasteiger partial charge is 0.269 e. The lowest BCUT2D eigenvalue weighted by molar-refractivity contribution is 0.0962. The van der Waals surface area contributed by atoms with E-state index in [9.17, 15) is 13.2 Å². The predicted molar refractivity (Wildman–Crippen MR) is 116 cm³/mol. The van der Waals surface area contributed by atoms with Gasteiger partial charge in [0.1, 0.15) is 0 Å². The van der Waals surface area contributed by atoms with Crippen LogP contribution in [0.4, 0.5) is 11.6 Å². The highest BCUT2D eigenvalue weighted by Crippen LogP contribution is 2.21. The Morgan fingerprint density at radius 2 is 1.60 bits per heavy atom. The topological polar surface area (TPSA) is 113 Å². The first-order valence-corrected chi connectivity index (χ1v) is 10.7. The van der Waals surface area contributed by atoms with Gasteiger partial charge < -0.3 is 0 Å². The van der Waals surface area contributed by atoms with Crippen LogP contribution >= 0.6 is 0 Å². The first-order valence-electron chi connectivity index (χ1n) is 9.23. The van der Waals surface area contributed by atoms with E-state index >= 15 is 0 Å². The first-order chi connectivity index (χ1) is 14.1. The molecule has 30 heavy (non-hydrogen) atoms. The number of hydrazine groups is 1. The lowest BCUT2D eigenvalue weighted by Crippen LogP contribution is -2.30. The first kappa shape index (κ1) is 21.3. The number of nitrogens with one attached hydrogen (secondary N) is 3. The van der Waals surface area contributed by atoms with Crippen molar-refractivity contribution in [2.24, 2.45) is 0 Å². The van der Waals surface area contributed by atoms with E-state index in [0.717, 1.165) is 17.0 Å². The standard InChI is InChI=1S/C21H23N5O3S/c1-13-6-5-7-18(10-13)26-30(28,29)19-12-17(9-8-14(19)2)20(27)24-25-21-22-15(3)11-16(4)23-21/h5-12,26H,1-4H3,(H,24,27)(H,22,23,25).